The average molecular weight is 653 g/mol. The molecule has 0 aromatic carbocycles. The van der Waals surface area contributed by atoms with E-state index in [9.17, 15) is 4.79 Å². The van der Waals surface area contributed by atoms with Crippen LogP contribution in [-0.2, 0) is 9.53 Å². The van der Waals surface area contributed by atoms with E-state index in [2.05, 4.69) is 54.5 Å². The summed E-state index contributed by atoms with van der Waals surface area (Å²) in [5.41, 5.74) is 2.52. The molecule has 2 heteroatoms. The minimum Gasteiger partial charge on any atom is -0.462 e. The van der Waals surface area contributed by atoms with Gasteiger partial charge >= 0.3 is 5.97 Å². The number of hydrogen-bond donors (Lipinski definition) is 0. The molecule has 0 amide bonds. The molecule has 0 aromatic rings. The Kier molecular flexibility index (Phi) is 15.8. The number of carbonyl (C=O) groups is 1. The van der Waals surface area contributed by atoms with Crippen LogP contribution in [0.5, 0.6) is 0 Å². The van der Waals surface area contributed by atoms with E-state index in [1.54, 1.807) is 5.57 Å². The van der Waals surface area contributed by atoms with Gasteiger partial charge in [-0.3, -0.25) is 4.79 Å². The van der Waals surface area contributed by atoms with E-state index in [4.69, 9.17) is 4.74 Å². The maximum Gasteiger partial charge on any atom is 0.306 e. The topological polar surface area (TPSA) is 26.3 Å². The number of ether oxygens (including phenoxy) is 1. The van der Waals surface area contributed by atoms with Crippen molar-refractivity contribution in [3.8, 4) is 0 Å². The number of unbranched alkanes of at least 4 members (excludes halogenated alkanes) is 12. The lowest BCUT2D eigenvalue weighted by molar-refractivity contribution is -0.151. The van der Waals surface area contributed by atoms with E-state index in [1.165, 1.54) is 135 Å². The SMILES string of the molecule is CCCCCCCCCCCCCCCC(=O)O[C@H]1CC[C@@]2(C)C(=CC[C@H]3[C@@H]4CC[C@H]([C@H](C)CC[C@@H](CC)C(C)C)[C@@]4(C)CC[C@@H]32)C1. The standard InChI is InChI=1S/C45H80O2/c1-8-10-11-12-13-14-15-16-17-18-19-20-21-22-43(46)47-38-29-31-44(6)37(33-38)25-26-39-41-28-27-40(45(41,7)32-30-42(39)44)35(5)23-24-36(9-2)34(3)4/h25,34-36,38-42H,8-24,26-33H2,1-7H3/t35-,36-,38+,39+,40-,41+,42+,44+,45-/m1/s1. The Morgan fingerprint density at radius 3 is 2.04 bits per heavy atom. The molecule has 0 aromatic heterocycles. The van der Waals surface area contributed by atoms with Crippen molar-refractivity contribution in [2.45, 2.75) is 215 Å². The summed E-state index contributed by atoms with van der Waals surface area (Å²) in [5, 5.41) is 0. The molecule has 0 saturated heterocycles. The van der Waals surface area contributed by atoms with Gasteiger partial charge in [-0.15, -0.1) is 0 Å². The Morgan fingerprint density at radius 1 is 0.787 bits per heavy atom. The maximum atomic E-state index is 12.8. The number of allylic oxidation sites excluding steroid dienone is 1. The molecular weight excluding hydrogens is 572 g/mol. The predicted molar refractivity (Wildman–Crippen MR) is 202 cm³/mol. The predicted octanol–water partition coefficient (Wildman–Crippen LogP) is 14.1. The van der Waals surface area contributed by atoms with Gasteiger partial charge in [0.25, 0.3) is 0 Å². The van der Waals surface area contributed by atoms with Crippen LogP contribution in [0.25, 0.3) is 0 Å². The lowest BCUT2D eigenvalue weighted by Crippen LogP contribution is -2.51. The first-order chi connectivity index (χ1) is 22.6. The van der Waals surface area contributed by atoms with Gasteiger partial charge in [-0.05, 0) is 110 Å². The van der Waals surface area contributed by atoms with Gasteiger partial charge in [0.15, 0.2) is 0 Å². The van der Waals surface area contributed by atoms with Crippen LogP contribution in [0, 0.1) is 52.3 Å². The number of hydrogen-bond acceptors (Lipinski definition) is 2. The normalized spacial score (nSPS) is 33.1. The summed E-state index contributed by atoms with van der Waals surface area (Å²) in [6.07, 6.45) is 35.4. The van der Waals surface area contributed by atoms with Gasteiger partial charge in [0, 0.05) is 12.8 Å². The average Bonchev–Trinajstić information content (AvgIpc) is 3.41. The second kappa shape index (κ2) is 19.0. The summed E-state index contributed by atoms with van der Waals surface area (Å²) < 4.78 is 6.14. The van der Waals surface area contributed by atoms with Crippen LogP contribution in [0.3, 0.4) is 0 Å². The highest BCUT2D eigenvalue weighted by atomic mass is 16.5. The quantitative estimate of drug-likeness (QED) is 0.0700. The molecule has 0 spiro atoms. The van der Waals surface area contributed by atoms with Crippen molar-refractivity contribution in [1.29, 1.82) is 0 Å². The van der Waals surface area contributed by atoms with Crippen molar-refractivity contribution in [2.75, 3.05) is 0 Å². The Balaban J connectivity index is 1.16. The Labute approximate surface area is 293 Å². The monoisotopic (exact) mass is 653 g/mol. The van der Waals surface area contributed by atoms with E-state index in [1.807, 2.05) is 0 Å². The van der Waals surface area contributed by atoms with Crippen molar-refractivity contribution >= 4 is 5.97 Å². The van der Waals surface area contributed by atoms with Crippen LogP contribution in [0.1, 0.15) is 209 Å². The van der Waals surface area contributed by atoms with Gasteiger partial charge in [0.1, 0.15) is 6.10 Å². The fourth-order valence-corrected chi connectivity index (χ4v) is 11.9. The summed E-state index contributed by atoms with van der Waals surface area (Å²) in [5.74, 6) is 6.18. The maximum absolute atomic E-state index is 12.8. The molecule has 9 atom stereocenters. The number of fused-ring (bicyclic) bond motifs is 5. The first kappa shape index (κ1) is 39.0. The van der Waals surface area contributed by atoms with Crippen molar-refractivity contribution in [3.05, 3.63) is 11.6 Å². The van der Waals surface area contributed by atoms with E-state index < -0.39 is 0 Å². The zero-order chi connectivity index (χ0) is 33.9. The van der Waals surface area contributed by atoms with E-state index in [0.717, 1.165) is 60.7 Å². The van der Waals surface area contributed by atoms with Crippen LogP contribution in [0.4, 0.5) is 0 Å². The summed E-state index contributed by atoms with van der Waals surface area (Å²) in [6, 6.07) is 0. The molecular formula is C45H80O2. The smallest absolute Gasteiger partial charge is 0.306 e. The van der Waals surface area contributed by atoms with Crippen LogP contribution in [0.15, 0.2) is 11.6 Å². The van der Waals surface area contributed by atoms with Gasteiger partial charge in [-0.1, -0.05) is 150 Å². The van der Waals surface area contributed by atoms with E-state index in [-0.39, 0.29) is 12.1 Å². The molecule has 0 bridgehead atoms. The third-order valence-electron chi connectivity index (χ3n) is 15.1. The first-order valence-electron chi connectivity index (χ1n) is 21.5. The fourth-order valence-electron chi connectivity index (χ4n) is 11.9. The Hall–Kier alpha value is -0.790. The molecule has 272 valence electrons. The summed E-state index contributed by atoms with van der Waals surface area (Å²) in [7, 11) is 0. The van der Waals surface area contributed by atoms with Gasteiger partial charge in [-0.2, -0.15) is 0 Å². The van der Waals surface area contributed by atoms with Gasteiger partial charge < -0.3 is 4.74 Å². The van der Waals surface area contributed by atoms with E-state index >= 15 is 0 Å². The van der Waals surface area contributed by atoms with E-state index in [0.29, 0.717) is 17.3 Å². The molecule has 4 aliphatic carbocycles. The van der Waals surface area contributed by atoms with Crippen LogP contribution in [-0.4, -0.2) is 12.1 Å². The molecule has 0 radical (unpaired) electrons. The summed E-state index contributed by atoms with van der Waals surface area (Å²) in [4.78, 5) is 12.8. The summed E-state index contributed by atoms with van der Waals surface area (Å²) >= 11 is 0. The third kappa shape index (κ3) is 10.1. The highest BCUT2D eigenvalue weighted by Gasteiger charge is 2.59. The van der Waals surface area contributed by atoms with Crippen molar-refractivity contribution in [1.82, 2.24) is 0 Å². The minimum absolute atomic E-state index is 0.0640. The van der Waals surface area contributed by atoms with Crippen molar-refractivity contribution in [3.63, 3.8) is 0 Å². The highest BCUT2D eigenvalue weighted by molar-refractivity contribution is 5.69. The molecule has 47 heavy (non-hydrogen) atoms. The van der Waals surface area contributed by atoms with Crippen molar-refractivity contribution < 1.29 is 9.53 Å². The van der Waals surface area contributed by atoms with Gasteiger partial charge in [0.2, 0.25) is 0 Å². The number of esters is 1. The van der Waals surface area contributed by atoms with Crippen LogP contribution >= 0.6 is 0 Å². The molecule has 4 aliphatic rings. The summed E-state index contributed by atoms with van der Waals surface area (Å²) in [6.45, 7) is 17.5. The van der Waals surface area contributed by atoms with Gasteiger partial charge in [0.05, 0.1) is 0 Å². The molecule has 3 saturated carbocycles. The number of rotatable bonds is 21. The van der Waals surface area contributed by atoms with Gasteiger partial charge in [-0.25, -0.2) is 0 Å². The zero-order valence-electron chi connectivity index (χ0n) is 32.7. The zero-order valence-corrected chi connectivity index (χ0v) is 32.7. The molecule has 4 rings (SSSR count). The molecule has 0 heterocycles. The molecule has 0 unspecified atom stereocenters. The van der Waals surface area contributed by atoms with Crippen molar-refractivity contribution in [2.24, 2.45) is 52.3 Å². The second-order valence-electron chi connectivity index (χ2n) is 18.3. The van der Waals surface area contributed by atoms with Crippen LogP contribution < -0.4 is 0 Å². The first-order valence-corrected chi connectivity index (χ1v) is 21.5. The molecule has 2 nitrogen and oxygen atoms in total. The molecule has 0 N–H and O–H groups in total. The Bertz CT molecular complexity index is 950. The largest absolute Gasteiger partial charge is 0.462 e. The molecule has 3 fully saturated rings. The minimum atomic E-state index is 0.0640. The number of carbonyl (C=O) groups excluding carboxylic acids is 1. The van der Waals surface area contributed by atoms with Crippen LogP contribution in [0.2, 0.25) is 0 Å². The molecule has 0 aliphatic heterocycles. The lowest BCUT2D eigenvalue weighted by Gasteiger charge is -2.58. The third-order valence-corrected chi connectivity index (χ3v) is 15.1. The fraction of sp³-hybridized carbons (Fsp3) is 0.933. The second-order valence-corrected chi connectivity index (χ2v) is 18.3. The highest BCUT2D eigenvalue weighted by Crippen LogP contribution is 2.67. The lowest BCUT2D eigenvalue weighted by atomic mass is 9.47. The Morgan fingerprint density at radius 2 is 1.43 bits per heavy atom.